The summed E-state index contributed by atoms with van der Waals surface area (Å²) in [5.74, 6) is 0. The van der Waals surface area contributed by atoms with Crippen LogP contribution in [0.5, 0.6) is 0 Å². The van der Waals surface area contributed by atoms with Crippen molar-refractivity contribution in [1.82, 2.24) is 0 Å². The van der Waals surface area contributed by atoms with Gasteiger partial charge >= 0.3 is 0 Å². The van der Waals surface area contributed by atoms with Gasteiger partial charge in [-0.05, 0) is 190 Å². The van der Waals surface area contributed by atoms with Crippen molar-refractivity contribution in [3.63, 3.8) is 0 Å². The Balaban J connectivity index is 1.02. The van der Waals surface area contributed by atoms with E-state index in [4.69, 9.17) is 0 Å². The summed E-state index contributed by atoms with van der Waals surface area (Å²) in [7, 11) is 0. The summed E-state index contributed by atoms with van der Waals surface area (Å²) >= 11 is 0. The summed E-state index contributed by atoms with van der Waals surface area (Å²) in [5, 5.41) is 22.8. The fourth-order valence-electron chi connectivity index (χ4n) is 11.2. The van der Waals surface area contributed by atoms with Gasteiger partial charge in [0.15, 0.2) is 0 Å². The molecule has 0 aliphatic heterocycles. The molecule has 0 unspecified atom stereocenters. The van der Waals surface area contributed by atoms with E-state index in [1.165, 1.54) is 141 Å². The van der Waals surface area contributed by atoms with Crippen molar-refractivity contribution >= 4 is 97.0 Å². The molecule has 0 saturated heterocycles. The first-order valence-electron chi connectivity index (χ1n) is 23.0. The van der Waals surface area contributed by atoms with Crippen LogP contribution in [-0.4, -0.2) is 0 Å². The fourth-order valence-corrected chi connectivity index (χ4v) is 11.2. The van der Waals surface area contributed by atoms with Gasteiger partial charge in [-0.25, -0.2) is 0 Å². The highest BCUT2D eigenvalue weighted by Gasteiger charge is 2.20. The van der Waals surface area contributed by atoms with Crippen LogP contribution >= 0.6 is 0 Å². The van der Waals surface area contributed by atoms with Crippen LogP contribution in [0, 0.1) is 0 Å². The molecule has 0 atom stereocenters. The van der Waals surface area contributed by atoms with E-state index in [2.05, 4.69) is 243 Å². The van der Waals surface area contributed by atoms with Crippen LogP contribution in [0.2, 0.25) is 0 Å². The molecule has 0 aliphatic rings. The molecule has 0 aromatic heterocycles. The van der Waals surface area contributed by atoms with Gasteiger partial charge in [-0.15, -0.1) is 0 Å². The number of hydrogen-bond acceptors (Lipinski definition) is 0. The predicted molar refractivity (Wildman–Crippen MR) is 286 cm³/mol. The highest BCUT2D eigenvalue weighted by Crippen LogP contribution is 2.47. The van der Waals surface area contributed by atoms with Gasteiger partial charge in [0.05, 0.1) is 0 Å². The zero-order valence-corrected chi connectivity index (χ0v) is 36.1. The molecule has 0 nitrogen and oxygen atoms in total. The second kappa shape index (κ2) is 14.5. The normalized spacial score (nSPS) is 11.9. The molecule has 304 valence electrons. The number of benzene rings is 14. The van der Waals surface area contributed by atoms with Crippen LogP contribution in [-0.2, 0) is 0 Å². The largest absolute Gasteiger partial charge is 0.0616 e. The standard InChI is InChI=1S/C66H40/c1-3-15-43-33-49(27-25-41(43)13-1)59-35-45-17-5-7-19-47(45)37-61(59)51-29-31-57-63(39-51)53-21-9-11-23-55(53)66-58-32-30-52(40-64(58)54-22-10-12-24-56(54)65(57)66)62-38-48-20-8-6-18-46(48)36-60(62)50-28-26-42-14-2-4-16-44(42)34-50/h1-40H. The van der Waals surface area contributed by atoms with Gasteiger partial charge in [0.2, 0.25) is 0 Å². The Kier molecular flexibility index (Phi) is 8.08. The summed E-state index contributed by atoms with van der Waals surface area (Å²) in [4.78, 5) is 0. The molecule has 0 bridgehead atoms. The Bertz CT molecular complexity index is 4060. The number of rotatable bonds is 4. The van der Waals surface area contributed by atoms with E-state index in [0.29, 0.717) is 0 Å². The van der Waals surface area contributed by atoms with Gasteiger partial charge in [0.1, 0.15) is 0 Å². The minimum Gasteiger partial charge on any atom is -0.0616 e. The quantitative estimate of drug-likeness (QED) is 0.155. The SMILES string of the molecule is c1ccc2cc(-c3cc4ccccc4cc3-c3ccc4c(c3)c3ccccc3c3c5ccc(-c6cc7ccccc7cc6-c6ccc7ccccc7c6)cc5c5ccccc5c43)ccc2c1. The van der Waals surface area contributed by atoms with Crippen LogP contribution in [0.4, 0.5) is 0 Å². The molecule has 0 N–H and O–H groups in total. The molecule has 0 heterocycles. The van der Waals surface area contributed by atoms with Crippen LogP contribution < -0.4 is 0 Å². The first-order valence-corrected chi connectivity index (χ1v) is 23.0. The molecular weight excluding hydrogens is 793 g/mol. The van der Waals surface area contributed by atoms with Crippen molar-refractivity contribution in [3.05, 3.63) is 243 Å². The van der Waals surface area contributed by atoms with Crippen LogP contribution in [0.3, 0.4) is 0 Å². The molecule has 0 aliphatic carbocycles. The third-order valence-electron chi connectivity index (χ3n) is 14.3. The summed E-state index contributed by atoms with van der Waals surface area (Å²) in [5.41, 5.74) is 9.84. The van der Waals surface area contributed by atoms with Crippen molar-refractivity contribution in [2.45, 2.75) is 0 Å². The summed E-state index contributed by atoms with van der Waals surface area (Å²) < 4.78 is 0. The third-order valence-corrected chi connectivity index (χ3v) is 14.3. The molecule has 14 aromatic rings. The maximum absolute atomic E-state index is 2.46. The maximum Gasteiger partial charge on any atom is -0.00139 e. The smallest absolute Gasteiger partial charge is 0.00139 e. The average molecular weight is 833 g/mol. The highest BCUT2D eigenvalue weighted by molar-refractivity contribution is 6.40. The lowest BCUT2D eigenvalue weighted by atomic mass is 9.84. The number of hydrogen-bond donors (Lipinski definition) is 0. The summed E-state index contributed by atoms with van der Waals surface area (Å²) in [6.45, 7) is 0. The predicted octanol–water partition coefficient (Wildman–Crippen LogP) is 18.7. The van der Waals surface area contributed by atoms with Gasteiger partial charge in [0.25, 0.3) is 0 Å². The highest BCUT2D eigenvalue weighted by atomic mass is 14.2. The van der Waals surface area contributed by atoms with E-state index < -0.39 is 0 Å². The van der Waals surface area contributed by atoms with Crippen molar-refractivity contribution in [2.24, 2.45) is 0 Å². The zero-order valence-electron chi connectivity index (χ0n) is 36.1. The Morgan fingerprint density at radius 2 is 0.409 bits per heavy atom. The summed E-state index contributed by atoms with van der Waals surface area (Å²) in [6.07, 6.45) is 0. The zero-order chi connectivity index (χ0) is 43.3. The van der Waals surface area contributed by atoms with E-state index in [1.54, 1.807) is 0 Å². The maximum atomic E-state index is 2.46. The van der Waals surface area contributed by atoms with E-state index in [9.17, 15) is 0 Å². The van der Waals surface area contributed by atoms with Gasteiger partial charge in [-0.3, -0.25) is 0 Å². The second-order valence-corrected chi connectivity index (χ2v) is 18.0. The monoisotopic (exact) mass is 832 g/mol. The molecule has 0 fully saturated rings. The van der Waals surface area contributed by atoms with Crippen molar-refractivity contribution in [3.8, 4) is 44.5 Å². The fraction of sp³-hybridized carbons (Fsp3) is 0. The van der Waals surface area contributed by atoms with Crippen LogP contribution in [0.1, 0.15) is 0 Å². The average Bonchev–Trinajstić information content (AvgIpc) is 3.39. The van der Waals surface area contributed by atoms with Gasteiger partial charge in [0, 0.05) is 0 Å². The van der Waals surface area contributed by atoms with E-state index in [0.717, 1.165) is 0 Å². The van der Waals surface area contributed by atoms with Gasteiger partial charge in [-0.2, -0.15) is 0 Å². The topological polar surface area (TPSA) is 0 Å². The van der Waals surface area contributed by atoms with Gasteiger partial charge in [-0.1, -0.05) is 194 Å². The lowest BCUT2D eigenvalue weighted by Crippen LogP contribution is -1.92. The van der Waals surface area contributed by atoms with Gasteiger partial charge < -0.3 is 0 Å². The van der Waals surface area contributed by atoms with E-state index in [-0.39, 0.29) is 0 Å². The first kappa shape index (κ1) is 36.9. The Morgan fingerprint density at radius 1 is 0.152 bits per heavy atom. The Hall–Kier alpha value is -8.58. The molecule has 0 amide bonds. The molecule has 66 heavy (non-hydrogen) atoms. The first-order chi connectivity index (χ1) is 32.7. The molecular formula is C66H40. The Morgan fingerprint density at radius 3 is 0.773 bits per heavy atom. The van der Waals surface area contributed by atoms with Crippen LogP contribution in [0.25, 0.3) is 141 Å². The minimum atomic E-state index is 1.22. The molecule has 0 radical (unpaired) electrons. The molecule has 0 saturated carbocycles. The van der Waals surface area contributed by atoms with Crippen molar-refractivity contribution < 1.29 is 0 Å². The Labute approximate surface area is 382 Å². The molecule has 0 spiro atoms. The third kappa shape index (κ3) is 5.72. The molecule has 14 rings (SSSR count). The molecule has 0 heteroatoms. The van der Waals surface area contributed by atoms with Crippen molar-refractivity contribution in [2.75, 3.05) is 0 Å². The molecule has 14 aromatic carbocycles. The number of fused-ring (bicyclic) bond motifs is 15. The lowest BCUT2D eigenvalue weighted by molar-refractivity contribution is 1.64. The van der Waals surface area contributed by atoms with Crippen molar-refractivity contribution in [1.29, 1.82) is 0 Å². The minimum absolute atomic E-state index is 1.22. The second-order valence-electron chi connectivity index (χ2n) is 18.0. The van der Waals surface area contributed by atoms with E-state index in [1.807, 2.05) is 0 Å². The van der Waals surface area contributed by atoms with E-state index >= 15 is 0 Å². The lowest BCUT2D eigenvalue weighted by Gasteiger charge is -2.19. The van der Waals surface area contributed by atoms with Crippen LogP contribution in [0.15, 0.2) is 243 Å². The summed E-state index contributed by atoms with van der Waals surface area (Å²) in [6, 6.07) is 90.7.